The monoisotopic (exact) mass is 440 g/mol. The first kappa shape index (κ1) is 20.2. The van der Waals surface area contributed by atoms with E-state index in [1.54, 1.807) is 36.4 Å². The smallest absolute Gasteiger partial charge is 0.264 e. The van der Waals surface area contributed by atoms with Crippen LogP contribution in [0, 0.1) is 0 Å². The largest absolute Gasteiger partial charge is 0.296 e. The second-order valence-electron chi connectivity index (χ2n) is 6.86. The molecule has 0 bridgehead atoms. The first-order valence-corrected chi connectivity index (χ1v) is 11.7. The van der Waals surface area contributed by atoms with E-state index in [0.29, 0.717) is 16.7 Å². The first-order chi connectivity index (χ1) is 14.5. The number of para-hydroxylation sites is 1. The molecule has 0 spiro atoms. The zero-order valence-corrected chi connectivity index (χ0v) is 17.7. The Balaban J connectivity index is 1.59. The number of carbonyl (C=O) groups excluding carboxylic acids is 1. The molecule has 0 unspecified atom stereocenters. The minimum atomic E-state index is -3.89. The lowest BCUT2D eigenvalue weighted by atomic mass is 10.2. The Kier molecular flexibility index (Phi) is 5.65. The molecule has 1 aliphatic carbocycles. The SMILES string of the molecule is C=CCN(c1ccccc1)S(=O)(=O)c1cccc(C(=O)Nc2nnc(C3CC3)s2)c1. The number of nitrogens with one attached hydrogen (secondary N) is 1. The number of hydrogen-bond acceptors (Lipinski definition) is 6. The number of rotatable bonds is 8. The van der Waals surface area contributed by atoms with Gasteiger partial charge in [0.25, 0.3) is 15.9 Å². The highest BCUT2D eigenvalue weighted by molar-refractivity contribution is 7.92. The Morgan fingerprint density at radius 1 is 1.17 bits per heavy atom. The maximum absolute atomic E-state index is 13.3. The van der Waals surface area contributed by atoms with E-state index in [0.717, 1.165) is 17.8 Å². The fourth-order valence-corrected chi connectivity index (χ4v) is 5.32. The predicted molar refractivity (Wildman–Crippen MR) is 117 cm³/mol. The molecule has 1 aromatic heterocycles. The average molecular weight is 441 g/mol. The van der Waals surface area contributed by atoms with E-state index < -0.39 is 15.9 Å². The van der Waals surface area contributed by atoms with E-state index >= 15 is 0 Å². The number of sulfonamides is 1. The van der Waals surface area contributed by atoms with E-state index in [1.807, 2.05) is 6.07 Å². The van der Waals surface area contributed by atoms with Gasteiger partial charge < -0.3 is 0 Å². The topological polar surface area (TPSA) is 92.3 Å². The average Bonchev–Trinajstić information content (AvgIpc) is 3.51. The van der Waals surface area contributed by atoms with Crippen molar-refractivity contribution < 1.29 is 13.2 Å². The molecule has 1 fully saturated rings. The summed E-state index contributed by atoms with van der Waals surface area (Å²) in [5, 5.41) is 12.1. The highest BCUT2D eigenvalue weighted by atomic mass is 32.2. The third-order valence-corrected chi connectivity index (χ3v) is 7.40. The van der Waals surface area contributed by atoms with Gasteiger partial charge in [0.15, 0.2) is 0 Å². The Hall–Kier alpha value is -3.04. The van der Waals surface area contributed by atoms with Gasteiger partial charge in [-0.05, 0) is 43.2 Å². The van der Waals surface area contributed by atoms with Crippen LogP contribution in [0.4, 0.5) is 10.8 Å². The molecule has 0 radical (unpaired) electrons. The van der Waals surface area contributed by atoms with Crippen LogP contribution in [0.2, 0.25) is 0 Å². The summed E-state index contributed by atoms with van der Waals surface area (Å²) in [7, 11) is -3.89. The molecule has 3 aromatic rings. The molecule has 1 amide bonds. The Morgan fingerprint density at radius 2 is 1.93 bits per heavy atom. The molecular formula is C21H20N4O3S2. The number of amides is 1. The summed E-state index contributed by atoms with van der Waals surface area (Å²) in [6.45, 7) is 3.77. The molecular weight excluding hydrogens is 420 g/mol. The van der Waals surface area contributed by atoms with Gasteiger partial charge in [0.1, 0.15) is 5.01 Å². The summed E-state index contributed by atoms with van der Waals surface area (Å²) in [5.74, 6) is 0.0241. The van der Waals surface area contributed by atoms with Crippen LogP contribution in [-0.2, 0) is 10.0 Å². The summed E-state index contributed by atoms with van der Waals surface area (Å²) >= 11 is 1.35. The molecule has 0 saturated heterocycles. The minimum Gasteiger partial charge on any atom is -0.296 e. The Labute approximate surface area is 179 Å². The van der Waals surface area contributed by atoms with Crippen molar-refractivity contribution in [2.45, 2.75) is 23.7 Å². The lowest BCUT2D eigenvalue weighted by Gasteiger charge is -2.23. The van der Waals surface area contributed by atoms with Gasteiger partial charge in [-0.3, -0.25) is 14.4 Å². The van der Waals surface area contributed by atoms with Gasteiger partial charge in [-0.15, -0.1) is 16.8 Å². The van der Waals surface area contributed by atoms with Gasteiger partial charge in [0, 0.05) is 11.5 Å². The number of aromatic nitrogens is 2. The van der Waals surface area contributed by atoms with Crippen molar-refractivity contribution in [2.75, 3.05) is 16.2 Å². The first-order valence-electron chi connectivity index (χ1n) is 9.42. The standard InChI is InChI=1S/C21H20N4O3S2/c1-2-13-25(17-8-4-3-5-9-17)30(27,28)18-10-6-7-16(14-18)19(26)22-21-24-23-20(29-21)15-11-12-15/h2-10,14-15H,1,11-13H2,(H,22,24,26). The summed E-state index contributed by atoms with van der Waals surface area (Å²) in [6.07, 6.45) is 3.73. The summed E-state index contributed by atoms with van der Waals surface area (Å²) in [6, 6.07) is 14.7. The molecule has 9 heteroatoms. The second kappa shape index (κ2) is 8.37. The number of hydrogen-bond donors (Lipinski definition) is 1. The third kappa shape index (κ3) is 4.27. The maximum atomic E-state index is 13.3. The number of nitrogens with zero attached hydrogens (tertiary/aromatic N) is 3. The molecule has 2 aromatic carbocycles. The van der Waals surface area contributed by atoms with E-state index in [9.17, 15) is 13.2 Å². The van der Waals surface area contributed by atoms with Crippen LogP contribution in [-0.4, -0.2) is 31.1 Å². The van der Waals surface area contributed by atoms with Crippen LogP contribution >= 0.6 is 11.3 Å². The van der Waals surface area contributed by atoms with E-state index in [2.05, 4.69) is 22.1 Å². The number of benzene rings is 2. The number of carbonyl (C=O) groups is 1. The van der Waals surface area contributed by atoms with Crippen molar-refractivity contribution in [1.29, 1.82) is 0 Å². The van der Waals surface area contributed by atoms with Crippen LogP contribution in [0.25, 0.3) is 0 Å². The van der Waals surface area contributed by atoms with Gasteiger partial charge in [0.2, 0.25) is 5.13 Å². The van der Waals surface area contributed by atoms with Crippen molar-refractivity contribution in [2.24, 2.45) is 0 Å². The molecule has 1 heterocycles. The van der Waals surface area contributed by atoms with Crippen molar-refractivity contribution in [3.8, 4) is 0 Å². The lowest BCUT2D eigenvalue weighted by Crippen LogP contribution is -2.31. The Bertz CT molecular complexity index is 1170. The molecule has 154 valence electrons. The highest BCUT2D eigenvalue weighted by Gasteiger charge is 2.28. The molecule has 30 heavy (non-hydrogen) atoms. The van der Waals surface area contributed by atoms with Crippen LogP contribution in [0.15, 0.2) is 72.1 Å². The zero-order valence-electron chi connectivity index (χ0n) is 16.1. The summed E-state index contributed by atoms with van der Waals surface area (Å²) in [5.41, 5.74) is 0.750. The molecule has 1 N–H and O–H groups in total. The highest BCUT2D eigenvalue weighted by Crippen LogP contribution is 2.42. The fraction of sp³-hybridized carbons (Fsp3) is 0.190. The van der Waals surface area contributed by atoms with Crippen LogP contribution in [0.3, 0.4) is 0 Å². The van der Waals surface area contributed by atoms with Crippen LogP contribution < -0.4 is 9.62 Å². The molecule has 1 aliphatic rings. The van der Waals surface area contributed by atoms with Crippen LogP contribution in [0.1, 0.15) is 34.1 Å². The molecule has 1 saturated carbocycles. The van der Waals surface area contributed by atoms with Crippen LogP contribution in [0.5, 0.6) is 0 Å². The quantitative estimate of drug-likeness (QED) is 0.534. The van der Waals surface area contributed by atoms with Gasteiger partial charge in [-0.1, -0.05) is 41.7 Å². The van der Waals surface area contributed by atoms with Crippen molar-refractivity contribution in [3.05, 3.63) is 77.8 Å². The van der Waals surface area contributed by atoms with E-state index in [1.165, 1.54) is 33.9 Å². The fourth-order valence-electron chi connectivity index (χ4n) is 2.93. The van der Waals surface area contributed by atoms with Gasteiger partial charge in [-0.25, -0.2) is 8.42 Å². The zero-order chi connectivity index (χ0) is 21.1. The minimum absolute atomic E-state index is 0.0248. The normalized spacial score (nSPS) is 13.6. The van der Waals surface area contributed by atoms with E-state index in [4.69, 9.17) is 0 Å². The van der Waals surface area contributed by atoms with Crippen molar-refractivity contribution in [3.63, 3.8) is 0 Å². The van der Waals surface area contributed by atoms with Gasteiger partial charge >= 0.3 is 0 Å². The van der Waals surface area contributed by atoms with Gasteiger partial charge in [-0.2, -0.15) is 0 Å². The van der Waals surface area contributed by atoms with Crippen molar-refractivity contribution in [1.82, 2.24) is 10.2 Å². The molecule has 4 rings (SSSR count). The summed E-state index contributed by atoms with van der Waals surface area (Å²) in [4.78, 5) is 12.7. The van der Waals surface area contributed by atoms with Crippen molar-refractivity contribution >= 4 is 38.1 Å². The molecule has 0 aliphatic heterocycles. The number of anilines is 2. The Morgan fingerprint density at radius 3 is 2.63 bits per heavy atom. The lowest BCUT2D eigenvalue weighted by molar-refractivity contribution is 0.102. The van der Waals surface area contributed by atoms with Gasteiger partial charge in [0.05, 0.1) is 17.1 Å². The third-order valence-electron chi connectivity index (χ3n) is 4.61. The van der Waals surface area contributed by atoms with E-state index in [-0.39, 0.29) is 17.0 Å². The predicted octanol–water partition coefficient (Wildman–Crippen LogP) is 4.05. The molecule has 7 nitrogen and oxygen atoms in total. The maximum Gasteiger partial charge on any atom is 0.264 e. The second-order valence-corrected chi connectivity index (χ2v) is 9.73. The summed E-state index contributed by atoms with van der Waals surface area (Å²) < 4.78 is 27.8. The molecule has 0 atom stereocenters.